The minimum atomic E-state index is -0.136. The molecule has 3 rings (SSSR count). The molecular weight excluding hydrogens is 346 g/mol. The lowest BCUT2D eigenvalue weighted by atomic mass is 9.97. The second-order valence-corrected chi connectivity index (χ2v) is 5.70. The third-order valence-electron chi connectivity index (χ3n) is 4.11. The first-order valence-electron chi connectivity index (χ1n) is 7.93. The highest BCUT2D eigenvalue weighted by atomic mass is 16.5. The Morgan fingerprint density at radius 2 is 1.56 bits per heavy atom. The molecule has 1 aromatic heterocycles. The highest BCUT2D eigenvalue weighted by Gasteiger charge is 2.18. The third-order valence-corrected chi connectivity index (χ3v) is 4.11. The molecule has 0 amide bonds. The maximum atomic E-state index is 10.1. The summed E-state index contributed by atoms with van der Waals surface area (Å²) in [5, 5.41) is 29.1. The fourth-order valence-corrected chi connectivity index (χ4v) is 2.74. The molecular formula is C20H17N3O4. The number of phenolic OH excluding ortho intramolecular Hbond substituents is 2. The summed E-state index contributed by atoms with van der Waals surface area (Å²) in [7, 11) is 2.85. The Kier molecular flexibility index (Phi) is 4.73. The predicted octanol–water partition coefficient (Wildman–Crippen LogP) is 3.30. The number of aromatic hydroxyl groups is 2. The van der Waals surface area contributed by atoms with Gasteiger partial charge in [0.05, 0.1) is 19.9 Å². The molecule has 0 aliphatic rings. The van der Waals surface area contributed by atoms with E-state index in [0.717, 1.165) is 5.56 Å². The van der Waals surface area contributed by atoms with Gasteiger partial charge in [-0.15, -0.1) is 0 Å². The zero-order valence-electron chi connectivity index (χ0n) is 14.7. The van der Waals surface area contributed by atoms with E-state index >= 15 is 0 Å². The van der Waals surface area contributed by atoms with Gasteiger partial charge in [-0.25, -0.2) is 4.98 Å². The van der Waals surface area contributed by atoms with Gasteiger partial charge in [-0.2, -0.15) is 5.26 Å². The van der Waals surface area contributed by atoms with Crippen LogP contribution in [0, 0.1) is 11.3 Å². The van der Waals surface area contributed by atoms with Crippen LogP contribution in [0.1, 0.15) is 5.56 Å². The number of nitriles is 1. The van der Waals surface area contributed by atoms with Crippen molar-refractivity contribution in [1.29, 1.82) is 5.26 Å². The van der Waals surface area contributed by atoms with E-state index in [-0.39, 0.29) is 34.4 Å². The molecule has 0 saturated carbocycles. The zero-order chi connectivity index (χ0) is 19.6. The quantitative estimate of drug-likeness (QED) is 0.650. The number of methoxy groups -OCH3 is 2. The van der Waals surface area contributed by atoms with E-state index in [2.05, 4.69) is 11.1 Å². The molecule has 7 heteroatoms. The van der Waals surface area contributed by atoms with Crippen molar-refractivity contribution in [1.82, 2.24) is 4.98 Å². The summed E-state index contributed by atoms with van der Waals surface area (Å²) in [6.45, 7) is 0. The number of phenols is 2. The normalized spacial score (nSPS) is 10.3. The molecule has 3 aromatic rings. The Labute approximate surface area is 155 Å². The van der Waals surface area contributed by atoms with E-state index in [0.29, 0.717) is 16.8 Å². The van der Waals surface area contributed by atoms with Crippen molar-refractivity contribution >= 4 is 5.82 Å². The van der Waals surface area contributed by atoms with Gasteiger partial charge in [0.25, 0.3) is 0 Å². The first-order chi connectivity index (χ1) is 13.0. The summed E-state index contributed by atoms with van der Waals surface area (Å²) in [5.74, 6) is 0.477. The topological polar surface area (TPSA) is 122 Å². The Hall–Kier alpha value is -3.92. The molecule has 0 aliphatic carbocycles. The van der Waals surface area contributed by atoms with Gasteiger partial charge in [-0.05, 0) is 48.0 Å². The van der Waals surface area contributed by atoms with Gasteiger partial charge < -0.3 is 25.4 Å². The highest BCUT2D eigenvalue weighted by Crippen LogP contribution is 2.42. The summed E-state index contributed by atoms with van der Waals surface area (Å²) in [5.41, 5.74) is 8.57. The highest BCUT2D eigenvalue weighted by molar-refractivity contribution is 5.82. The van der Waals surface area contributed by atoms with Crippen molar-refractivity contribution < 1.29 is 19.7 Å². The number of nitrogens with zero attached hydrogens (tertiary/aromatic N) is 2. The van der Waals surface area contributed by atoms with E-state index in [4.69, 9.17) is 15.2 Å². The van der Waals surface area contributed by atoms with Crippen LogP contribution in [0.5, 0.6) is 23.0 Å². The van der Waals surface area contributed by atoms with Crippen LogP contribution in [-0.2, 0) is 0 Å². The number of ether oxygens (including phenoxy) is 2. The fraction of sp³-hybridized carbons (Fsp3) is 0.100. The van der Waals surface area contributed by atoms with E-state index in [1.807, 2.05) is 0 Å². The van der Waals surface area contributed by atoms with Crippen LogP contribution in [0.15, 0.2) is 42.5 Å². The van der Waals surface area contributed by atoms with E-state index in [1.54, 1.807) is 30.3 Å². The molecule has 7 nitrogen and oxygen atoms in total. The molecule has 0 fully saturated rings. The van der Waals surface area contributed by atoms with Gasteiger partial charge in [0, 0.05) is 11.1 Å². The van der Waals surface area contributed by atoms with E-state index in [1.165, 1.54) is 26.4 Å². The fourth-order valence-electron chi connectivity index (χ4n) is 2.74. The largest absolute Gasteiger partial charge is 0.508 e. The number of anilines is 1. The summed E-state index contributed by atoms with van der Waals surface area (Å²) in [4.78, 5) is 4.29. The Bertz CT molecular complexity index is 1020. The van der Waals surface area contributed by atoms with Crippen molar-refractivity contribution in [2.75, 3.05) is 20.0 Å². The number of pyridine rings is 1. The van der Waals surface area contributed by atoms with Crippen LogP contribution in [0.2, 0.25) is 0 Å². The van der Waals surface area contributed by atoms with Gasteiger partial charge in [-0.3, -0.25) is 0 Å². The average Bonchev–Trinajstić information content (AvgIpc) is 2.68. The van der Waals surface area contributed by atoms with Crippen molar-refractivity contribution in [3.63, 3.8) is 0 Å². The van der Waals surface area contributed by atoms with Crippen molar-refractivity contribution in [3.05, 3.63) is 48.0 Å². The standard InChI is InChI=1S/C20H17N3O4/c1-26-17-7-12(8-18(27-2)19(17)25)14-9-16(23-20(22)15(14)10-21)11-3-5-13(24)6-4-11/h3-9,24-25H,1-2H3,(H2,22,23). The molecule has 0 spiro atoms. The first kappa shape index (κ1) is 17.9. The van der Waals surface area contributed by atoms with Crippen LogP contribution >= 0.6 is 0 Å². The molecule has 0 saturated heterocycles. The lowest BCUT2D eigenvalue weighted by Crippen LogP contribution is -2.00. The van der Waals surface area contributed by atoms with Crippen LogP contribution in [0.3, 0.4) is 0 Å². The molecule has 136 valence electrons. The van der Waals surface area contributed by atoms with E-state index in [9.17, 15) is 15.5 Å². The molecule has 0 atom stereocenters. The van der Waals surface area contributed by atoms with Crippen LogP contribution in [0.4, 0.5) is 5.82 Å². The first-order valence-corrected chi connectivity index (χ1v) is 7.93. The second-order valence-electron chi connectivity index (χ2n) is 5.70. The van der Waals surface area contributed by atoms with Crippen LogP contribution in [-0.4, -0.2) is 29.4 Å². The zero-order valence-corrected chi connectivity index (χ0v) is 14.7. The lowest BCUT2D eigenvalue weighted by molar-refractivity contribution is 0.340. The van der Waals surface area contributed by atoms with Crippen LogP contribution < -0.4 is 15.2 Å². The Morgan fingerprint density at radius 3 is 2.07 bits per heavy atom. The molecule has 0 radical (unpaired) electrons. The predicted molar refractivity (Wildman–Crippen MR) is 101 cm³/mol. The average molecular weight is 363 g/mol. The lowest BCUT2D eigenvalue weighted by Gasteiger charge is -2.14. The molecule has 0 bridgehead atoms. The maximum absolute atomic E-state index is 10.1. The van der Waals surface area contributed by atoms with E-state index < -0.39 is 0 Å². The maximum Gasteiger partial charge on any atom is 0.200 e. The van der Waals surface area contributed by atoms with Crippen molar-refractivity contribution in [2.24, 2.45) is 0 Å². The van der Waals surface area contributed by atoms with Gasteiger partial charge in [-0.1, -0.05) is 0 Å². The number of nitrogens with two attached hydrogens (primary N) is 1. The number of nitrogen functional groups attached to an aromatic ring is 1. The van der Waals surface area contributed by atoms with Gasteiger partial charge in [0.2, 0.25) is 5.75 Å². The molecule has 4 N–H and O–H groups in total. The van der Waals surface area contributed by atoms with Gasteiger partial charge in [0.1, 0.15) is 23.2 Å². The number of hydrogen-bond acceptors (Lipinski definition) is 7. The third kappa shape index (κ3) is 3.28. The number of rotatable bonds is 4. The Balaban J connectivity index is 2.26. The molecule has 1 heterocycles. The number of benzene rings is 2. The summed E-state index contributed by atoms with van der Waals surface area (Å²) in [6, 6.07) is 13.4. The SMILES string of the molecule is COc1cc(-c2cc(-c3ccc(O)cc3)nc(N)c2C#N)cc(OC)c1O. The van der Waals surface area contributed by atoms with Crippen molar-refractivity contribution in [3.8, 4) is 51.5 Å². The van der Waals surface area contributed by atoms with Gasteiger partial charge >= 0.3 is 0 Å². The molecule has 2 aromatic carbocycles. The minimum absolute atomic E-state index is 0.0732. The summed E-state index contributed by atoms with van der Waals surface area (Å²) in [6.07, 6.45) is 0. The van der Waals surface area contributed by atoms with Crippen molar-refractivity contribution in [2.45, 2.75) is 0 Å². The van der Waals surface area contributed by atoms with Gasteiger partial charge in [0.15, 0.2) is 11.5 Å². The Morgan fingerprint density at radius 1 is 0.963 bits per heavy atom. The summed E-state index contributed by atoms with van der Waals surface area (Å²) >= 11 is 0. The molecule has 0 unspecified atom stereocenters. The monoisotopic (exact) mass is 363 g/mol. The minimum Gasteiger partial charge on any atom is -0.508 e. The smallest absolute Gasteiger partial charge is 0.200 e. The van der Waals surface area contributed by atoms with Crippen LogP contribution in [0.25, 0.3) is 22.4 Å². The molecule has 27 heavy (non-hydrogen) atoms. The summed E-state index contributed by atoms with van der Waals surface area (Å²) < 4.78 is 10.4. The molecule has 0 aliphatic heterocycles. The second kappa shape index (κ2) is 7.14. The number of aromatic nitrogens is 1. The number of hydrogen-bond donors (Lipinski definition) is 3.